The molecule has 0 bridgehead atoms. The number of aliphatic hydroxyl groups excluding tert-OH is 1. The van der Waals surface area contributed by atoms with Crippen molar-refractivity contribution in [3.05, 3.63) is 53.3 Å². The van der Waals surface area contributed by atoms with Crippen molar-refractivity contribution >= 4 is 0 Å². The number of rotatable bonds is 2. The first kappa shape index (κ1) is 13.7. The summed E-state index contributed by atoms with van der Waals surface area (Å²) in [5.41, 5.74) is 1.17. The van der Waals surface area contributed by atoms with E-state index in [1.54, 1.807) is 18.2 Å². The van der Waals surface area contributed by atoms with Crippen LogP contribution in [-0.4, -0.2) is 17.3 Å². The highest BCUT2D eigenvalue weighted by Gasteiger charge is 2.28. The molecular weight excluding hydrogens is 275 g/mol. The fourth-order valence-electron chi connectivity index (χ4n) is 2.53. The van der Waals surface area contributed by atoms with Crippen molar-refractivity contribution in [2.24, 2.45) is 0 Å². The molecule has 0 fully saturated rings. The third-order valence-electron chi connectivity index (χ3n) is 3.61. The van der Waals surface area contributed by atoms with Gasteiger partial charge < -0.3 is 19.7 Å². The van der Waals surface area contributed by atoms with Gasteiger partial charge in [-0.05, 0) is 35.9 Å². The number of halogens is 1. The quantitative estimate of drug-likeness (QED) is 0.892. The molecule has 0 spiro atoms. The molecular formula is C16H15FO4. The SMILES string of the molecule is COc1ccc(C2C[C@H](O)c3cc(F)ccc3O2)cc1O. The first-order valence-electron chi connectivity index (χ1n) is 6.59. The molecule has 110 valence electrons. The Bertz CT molecular complexity index is 671. The third-order valence-corrected chi connectivity index (χ3v) is 3.61. The van der Waals surface area contributed by atoms with Gasteiger partial charge in [0.15, 0.2) is 11.5 Å². The molecule has 2 N–H and O–H groups in total. The van der Waals surface area contributed by atoms with Crippen molar-refractivity contribution < 1.29 is 24.1 Å². The van der Waals surface area contributed by atoms with Crippen LogP contribution in [0.15, 0.2) is 36.4 Å². The summed E-state index contributed by atoms with van der Waals surface area (Å²) in [6.45, 7) is 0. The fourth-order valence-corrected chi connectivity index (χ4v) is 2.53. The Morgan fingerprint density at radius 3 is 2.76 bits per heavy atom. The molecule has 0 aromatic heterocycles. The van der Waals surface area contributed by atoms with Gasteiger partial charge in [0.25, 0.3) is 0 Å². The van der Waals surface area contributed by atoms with E-state index in [1.165, 1.54) is 25.3 Å². The monoisotopic (exact) mass is 290 g/mol. The van der Waals surface area contributed by atoms with Crippen LogP contribution in [0.25, 0.3) is 0 Å². The van der Waals surface area contributed by atoms with E-state index in [4.69, 9.17) is 9.47 Å². The smallest absolute Gasteiger partial charge is 0.160 e. The lowest BCUT2D eigenvalue weighted by Gasteiger charge is -2.30. The van der Waals surface area contributed by atoms with Crippen LogP contribution >= 0.6 is 0 Å². The molecule has 0 aliphatic carbocycles. The molecule has 2 aromatic rings. The van der Waals surface area contributed by atoms with Crippen LogP contribution in [-0.2, 0) is 0 Å². The molecule has 2 aromatic carbocycles. The second-order valence-corrected chi connectivity index (χ2v) is 4.97. The van der Waals surface area contributed by atoms with Crippen LogP contribution in [0, 0.1) is 5.82 Å². The molecule has 3 rings (SSSR count). The Labute approximate surface area is 121 Å². The number of phenols is 1. The summed E-state index contributed by atoms with van der Waals surface area (Å²) in [5.74, 6) is 0.433. The van der Waals surface area contributed by atoms with Gasteiger partial charge in [0.2, 0.25) is 0 Å². The van der Waals surface area contributed by atoms with Gasteiger partial charge in [-0.2, -0.15) is 0 Å². The maximum absolute atomic E-state index is 13.2. The average molecular weight is 290 g/mol. The maximum Gasteiger partial charge on any atom is 0.160 e. The van der Waals surface area contributed by atoms with Gasteiger partial charge in [-0.1, -0.05) is 6.07 Å². The number of aromatic hydroxyl groups is 1. The molecule has 4 nitrogen and oxygen atoms in total. The van der Waals surface area contributed by atoms with Gasteiger partial charge in [0, 0.05) is 12.0 Å². The van der Waals surface area contributed by atoms with Gasteiger partial charge in [0.1, 0.15) is 17.7 Å². The molecule has 1 aliphatic heterocycles. The van der Waals surface area contributed by atoms with Crippen molar-refractivity contribution in [1.29, 1.82) is 0 Å². The molecule has 1 heterocycles. The normalized spacial score (nSPS) is 20.5. The van der Waals surface area contributed by atoms with Gasteiger partial charge in [0.05, 0.1) is 13.2 Å². The Balaban J connectivity index is 1.92. The predicted molar refractivity (Wildman–Crippen MR) is 74.0 cm³/mol. The summed E-state index contributed by atoms with van der Waals surface area (Å²) in [6.07, 6.45) is -0.921. The standard InChI is InChI=1S/C16H15FO4/c1-20-15-4-2-9(6-13(15)19)16-8-12(18)11-7-10(17)3-5-14(11)21-16/h2-7,12,16,18-19H,8H2,1H3/t12-,16?/m0/s1. The van der Waals surface area contributed by atoms with Crippen LogP contribution in [0.3, 0.4) is 0 Å². The number of hydrogen-bond acceptors (Lipinski definition) is 4. The zero-order chi connectivity index (χ0) is 15.0. The molecule has 0 saturated heterocycles. The van der Waals surface area contributed by atoms with Gasteiger partial charge in [-0.3, -0.25) is 0 Å². The van der Waals surface area contributed by atoms with Crippen molar-refractivity contribution in [3.8, 4) is 17.2 Å². The van der Waals surface area contributed by atoms with E-state index in [-0.39, 0.29) is 5.75 Å². The average Bonchev–Trinajstić information content (AvgIpc) is 2.47. The molecule has 1 aliphatic rings. The van der Waals surface area contributed by atoms with E-state index in [0.717, 1.165) is 5.56 Å². The molecule has 0 saturated carbocycles. The number of fused-ring (bicyclic) bond motifs is 1. The number of hydrogen-bond donors (Lipinski definition) is 2. The van der Waals surface area contributed by atoms with E-state index in [0.29, 0.717) is 23.5 Å². The van der Waals surface area contributed by atoms with Crippen molar-refractivity contribution in [1.82, 2.24) is 0 Å². The number of ether oxygens (including phenoxy) is 2. The highest BCUT2D eigenvalue weighted by molar-refractivity contribution is 5.44. The first-order valence-corrected chi connectivity index (χ1v) is 6.59. The lowest BCUT2D eigenvalue weighted by Crippen LogP contribution is -2.19. The summed E-state index contributed by atoms with van der Waals surface area (Å²) >= 11 is 0. The minimum atomic E-state index is -0.807. The molecule has 1 unspecified atom stereocenters. The number of aliphatic hydroxyl groups is 1. The molecule has 0 radical (unpaired) electrons. The van der Waals surface area contributed by atoms with Crippen LogP contribution in [0.1, 0.15) is 29.8 Å². The number of phenolic OH excluding ortho intramolecular Hbond substituents is 1. The van der Waals surface area contributed by atoms with Crippen molar-refractivity contribution in [3.63, 3.8) is 0 Å². The van der Waals surface area contributed by atoms with Crippen molar-refractivity contribution in [2.75, 3.05) is 7.11 Å². The lowest BCUT2D eigenvalue weighted by molar-refractivity contribution is 0.0652. The van der Waals surface area contributed by atoms with Crippen LogP contribution in [0.2, 0.25) is 0 Å². The fraction of sp³-hybridized carbons (Fsp3) is 0.250. The summed E-state index contributed by atoms with van der Waals surface area (Å²) < 4.78 is 24.0. The largest absolute Gasteiger partial charge is 0.504 e. The zero-order valence-corrected chi connectivity index (χ0v) is 11.4. The summed E-state index contributed by atoms with van der Waals surface area (Å²) in [6, 6.07) is 9.03. The minimum absolute atomic E-state index is 0.0120. The second-order valence-electron chi connectivity index (χ2n) is 4.97. The first-order chi connectivity index (χ1) is 10.1. The predicted octanol–water partition coefficient (Wildman–Crippen LogP) is 3.10. The van der Waals surface area contributed by atoms with Crippen molar-refractivity contribution in [2.45, 2.75) is 18.6 Å². The lowest BCUT2D eigenvalue weighted by atomic mass is 9.95. The third kappa shape index (κ3) is 2.52. The second kappa shape index (κ2) is 5.26. The maximum atomic E-state index is 13.2. The van der Waals surface area contributed by atoms with Gasteiger partial charge >= 0.3 is 0 Å². The summed E-state index contributed by atoms with van der Waals surface area (Å²) in [7, 11) is 1.47. The molecule has 5 heteroatoms. The Kier molecular flexibility index (Phi) is 3.43. The number of methoxy groups -OCH3 is 1. The number of benzene rings is 2. The van der Waals surface area contributed by atoms with E-state index in [1.807, 2.05) is 0 Å². The Hall–Kier alpha value is -2.27. The van der Waals surface area contributed by atoms with Crippen LogP contribution in [0.4, 0.5) is 4.39 Å². The van der Waals surface area contributed by atoms with E-state index >= 15 is 0 Å². The minimum Gasteiger partial charge on any atom is -0.504 e. The van der Waals surface area contributed by atoms with Crippen LogP contribution in [0.5, 0.6) is 17.2 Å². The zero-order valence-electron chi connectivity index (χ0n) is 11.4. The topological polar surface area (TPSA) is 58.9 Å². The molecule has 0 amide bonds. The molecule has 2 atom stereocenters. The highest BCUT2D eigenvalue weighted by atomic mass is 19.1. The summed E-state index contributed by atoms with van der Waals surface area (Å²) in [4.78, 5) is 0. The van der Waals surface area contributed by atoms with E-state index in [2.05, 4.69) is 0 Å². The summed E-state index contributed by atoms with van der Waals surface area (Å²) in [5, 5.41) is 20.0. The van der Waals surface area contributed by atoms with Gasteiger partial charge in [-0.15, -0.1) is 0 Å². The van der Waals surface area contributed by atoms with E-state index in [9.17, 15) is 14.6 Å². The van der Waals surface area contributed by atoms with E-state index < -0.39 is 18.0 Å². The molecule has 21 heavy (non-hydrogen) atoms. The van der Waals surface area contributed by atoms with Gasteiger partial charge in [-0.25, -0.2) is 4.39 Å². The Morgan fingerprint density at radius 2 is 2.05 bits per heavy atom. The Morgan fingerprint density at radius 1 is 1.24 bits per heavy atom. The highest BCUT2D eigenvalue weighted by Crippen LogP contribution is 2.42. The van der Waals surface area contributed by atoms with Crippen LogP contribution < -0.4 is 9.47 Å².